The first-order chi connectivity index (χ1) is 14.0. The number of amides is 1. The predicted molar refractivity (Wildman–Crippen MR) is 113 cm³/mol. The number of morpholine rings is 1. The topological polar surface area (TPSA) is 75.7 Å². The predicted octanol–water partition coefficient (Wildman–Crippen LogP) is 2.98. The van der Waals surface area contributed by atoms with Crippen LogP contribution in [0.2, 0.25) is 0 Å². The molecule has 1 N–H and O–H groups in total. The Morgan fingerprint density at radius 3 is 2.72 bits per heavy atom. The van der Waals surface area contributed by atoms with Gasteiger partial charge in [0.2, 0.25) is 10.0 Å². The third kappa shape index (κ3) is 4.21. The lowest BCUT2D eigenvalue weighted by Crippen LogP contribution is -2.41. The fourth-order valence-corrected chi connectivity index (χ4v) is 6.46. The number of rotatable bonds is 4. The van der Waals surface area contributed by atoms with Gasteiger partial charge in [-0.15, -0.1) is 11.8 Å². The Labute approximate surface area is 175 Å². The van der Waals surface area contributed by atoms with Crippen molar-refractivity contribution < 1.29 is 17.9 Å². The lowest BCUT2D eigenvalue weighted by atomic mass is 10.0. The van der Waals surface area contributed by atoms with Gasteiger partial charge in [-0.3, -0.25) is 4.79 Å². The number of fused-ring (bicyclic) bond motifs is 1. The van der Waals surface area contributed by atoms with Crippen molar-refractivity contribution in [2.75, 3.05) is 32.1 Å². The van der Waals surface area contributed by atoms with Gasteiger partial charge in [-0.05, 0) is 42.7 Å². The minimum Gasteiger partial charge on any atom is -0.379 e. The highest BCUT2D eigenvalue weighted by atomic mass is 32.2. The summed E-state index contributed by atoms with van der Waals surface area (Å²) in [7, 11) is -3.66. The highest BCUT2D eigenvalue weighted by molar-refractivity contribution is 7.99. The molecule has 2 aliphatic rings. The number of thioether (sulfide) groups is 1. The number of carbonyl (C=O) groups is 1. The van der Waals surface area contributed by atoms with Crippen molar-refractivity contribution in [3.05, 3.63) is 59.2 Å². The van der Waals surface area contributed by atoms with Crippen molar-refractivity contribution in [2.24, 2.45) is 0 Å². The molecular weight excluding hydrogens is 408 g/mol. The molecular formula is C21H24N2O4S2. The Bertz CT molecular complexity index is 1020. The Morgan fingerprint density at radius 2 is 1.93 bits per heavy atom. The highest BCUT2D eigenvalue weighted by Crippen LogP contribution is 2.36. The third-order valence-electron chi connectivity index (χ3n) is 5.30. The fraction of sp³-hybridized carbons (Fsp3) is 0.381. The third-order valence-corrected chi connectivity index (χ3v) is 8.47. The van der Waals surface area contributed by atoms with Crippen LogP contribution in [0.4, 0.5) is 0 Å². The van der Waals surface area contributed by atoms with Gasteiger partial charge in [0.25, 0.3) is 5.91 Å². The molecule has 0 aliphatic carbocycles. The number of hydrogen-bond acceptors (Lipinski definition) is 5. The maximum atomic E-state index is 13.1. The van der Waals surface area contributed by atoms with Crippen LogP contribution in [0, 0.1) is 6.92 Å². The van der Waals surface area contributed by atoms with Gasteiger partial charge in [0, 0.05) is 29.3 Å². The number of carbonyl (C=O) groups excluding carboxylic acids is 1. The standard InChI is InChI=1S/C21H24N2O4S2/c1-15-6-7-16(14-20(15)29(25,26)23-9-11-27-12-10-23)21(24)22-18-8-13-28-19-5-3-2-4-17(18)19/h2-7,14,18H,8-13H2,1H3,(H,22,24)/t18-/m0/s1. The lowest BCUT2D eigenvalue weighted by molar-refractivity contribution is 0.0730. The van der Waals surface area contributed by atoms with Gasteiger partial charge >= 0.3 is 0 Å². The number of nitrogens with zero attached hydrogens (tertiary/aromatic N) is 1. The Balaban J connectivity index is 1.58. The summed E-state index contributed by atoms with van der Waals surface area (Å²) in [6.07, 6.45) is 0.845. The van der Waals surface area contributed by atoms with Crippen molar-refractivity contribution in [3.8, 4) is 0 Å². The fourth-order valence-electron chi connectivity index (χ4n) is 3.68. The van der Waals surface area contributed by atoms with Gasteiger partial charge in [0.05, 0.1) is 24.2 Å². The highest BCUT2D eigenvalue weighted by Gasteiger charge is 2.29. The molecule has 1 amide bonds. The molecule has 4 rings (SSSR count). The average Bonchev–Trinajstić information content (AvgIpc) is 2.75. The minimum atomic E-state index is -3.66. The van der Waals surface area contributed by atoms with E-state index < -0.39 is 10.0 Å². The average molecular weight is 433 g/mol. The van der Waals surface area contributed by atoms with E-state index in [4.69, 9.17) is 4.74 Å². The van der Waals surface area contributed by atoms with Crippen LogP contribution in [0.3, 0.4) is 0 Å². The number of aryl methyl sites for hydroxylation is 1. The van der Waals surface area contributed by atoms with Crippen LogP contribution < -0.4 is 5.32 Å². The summed E-state index contributed by atoms with van der Waals surface area (Å²) in [5, 5.41) is 3.09. The molecule has 154 valence electrons. The SMILES string of the molecule is Cc1ccc(C(=O)N[C@H]2CCSc3ccccc32)cc1S(=O)(=O)N1CCOCC1. The van der Waals surface area contributed by atoms with Gasteiger partial charge in [0.15, 0.2) is 0 Å². The van der Waals surface area contributed by atoms with E-state index in [1.165, 1.54) is 15.3 Å². The summed E-state index contributed by atoms with van der Waals surface area (Å²) < 4.78 is 32.8. The second-order valence-corrected chi connectivity index (χ2v) is 10.2. The first kappa shape index (κ1) is 20.4. The van der Waals surface area contributed by atoms with Gasteiger partial charge in [-0.25, -0.2) is 8.42 Å². The first-order valence-corrected chi connectivity index (χ1v) is 12.1. The Kier molecular flexibility index (Phi) is 5.96. The number of nitrogens with one attached hydrogen (secondary N) is 1. The molecule has 0 saturated carbocycles. The van der Waals surface area contributed by atoms with E-state index in [1.807, 2.05) is 18.2 Å². The summed E-state index contributed by atoms with van der Waals surface area (Å²) in [4.78, 5) is 14.3. The van der Waals surface area contributed by atoms with Crippen LogP contribution in [0.5, 0.6) is 0 Å². The molecule has 2 aromatic rings. The molecule has 29 heavy (non-hydrogen) atoms. The number of ether oxygens (including phenoxy) is 1. The van der Waals surface area contributed by atoms with E-state index in [1.54, 1.807) is 30.8 Å². The molecule has 1 atom stereocenters. The molecule has 0 spiro atoms. The van der Waals surface area contributed by atoms with Crippen molar-refractivity contribution in [3.63, 3.8) is 0 Å². The molecule has 2 heterocycles. The van der Waals surface area contributed by atoms with Crippen LogP contribution in [-0.4, -0.2) is 50.7 Å². The van der Waals surface area contributed by atoms with E-state index in [0.717, 1.165) is 17.7 Å². The molecule has 1 fully saturated rings. The second-order valence-electron chi connectivity index (χ2n) is 7.20. The summed E-state index contributed by atoms with van der Waals surface area (Å²) in [5.41, 5.74) is 2.11. The molecule has 2 aliphatic heterocycles. The molecule has 6 nitrogen and oxygen atoms in total. The van der Waals surface area contributed by atoms with Crippen LogP contribution in [0.1, 0.15) is 33.9 Å². The second kappa shape index (κ2) is 8.47. The van der Waals surface area contributed by atoms with Gasteiger partial charge < -0.3 is 10.1 Å². The molecule has 0 aromatic heterocycles. The Morgan fingerprint density at radius 1 is 1.17 bits per heavy atom. The van der Waals surface area contributed by atoms with Crippen LogP contribution in [0.15, 0.2) is 52.3 Å². The van der Waals surface area contributed by atoms with Gasteiger partial charge in [-0.2, -0.15) is 4.31 Å². The number of benzene rings is 2. The van der Waals surface area contributed by atoms with Crippen LogP contribution in [-0.2, 0) is 14.8 Å². The van der Waals surface area contributed by atoms with Crippen molar-refractivity contribution >= 4 is 27.7 Å². The van der Waals surface area contributed by atoms with Crippen molar-refractivity contribution in [1.29, 1.82) is 0 Å². The smallest absolute Gasteiger partial charge is 0.251 e. The maximum Gasteiger partial charge on any atom is 0.251 e. The monoisotopic (exact) mass is 432 g/mol. The van der Waals surface area contributed by atoms with E-state index in [-0.39, 0.29) is 16.8 Å². The summed E-state index contributed by atoms with van der Waals surface area (Å²) in [6.45, 7) is 3.18. The van der Waals surface area contributed by atoms with E-state index >= 15 is 0 Å². The molecule has 8 heteroatoms. The van der Waals surface area contributed by atoms with E-state index in [2.05, 4.69) is 11.4 Å². The molecule has 1 saturated heterocycles. The van der Waals surface area contributed by atoms with E-state index in [0.29, 0.717) is 37.4 Å². The zero-order valence-electron chi connectivity index (χ0n) is 16.3. The van der Waals surface area contributed by atoms with Crippen molar-refractivity contribution in [1.82, 2.24) is 9.62 Å². The molecule has 2 aromatic carbocycles. The van der Waals surface area contributed by atoms with Gasteiger partial charge in [0.1, 0.15) is 0 Å². The number of sulfonamides is 1. The van der Waals surface area contributed by atoms with Crippen LogP contribution >= 0.6 is 11.8 Å². The summed E-state index contributed by atoms with van der Waals surface area (Å²) >= 11 is 1.79. The molecule has 0 unspecified atom stereocenters. The molecule has 0 bridgehead atoms. The van der Waals surface area contributed by atoms with Crippen LogP contribution in [0.25, 0.3) is 0 Å². The summed E-state index contributed by atoms with van der Waals surface area (Å²) in [6, 6.07) is 12.9. The van der Waals surface area contributed by atoms with Crippen molar-refractivity contribution in [2.45, 2.75) is 29.2 Å². The van der Waals surface area contributed by atoms with E-state index in [9.17, 15) is 13.2 Å². The zero-order chi connectivity index (χ0) is 20.4. The largest absolute Gasteiger partial charge is 0.379 e. The Hall–Kier alpha value is -1.87. The normalized spacial score (nSPS) is 20.1. The quantitative estimate of drug-likeness (QED) is 0.804. The minimum absolute atomic E-state index is 0.0689. The number of hydrogen-bond donors (Lipinski definition) is 1. The zero-order valence-corrected chi connectivity index (χ0v) is 17.9. The van der Waals surface area contributed by atoms with Gasteiger partial charge in [-0.1, -0.05) is 24.3 Å². The summed E-state index contributed by atoms with van der Waals surface area (Å²) in [5.74, 6) is 0.683. The maximum absolute atomic E-state index is 13.1. The lowest BCUT2D eigenvalue weighted by Gasteiger charge is -2.27. The first-order valence-electron chi connectivity index (χ1n) is 9.68. The molecule has 0 radical (unpaired) electrons.